The minimum atomic E-state index is -3.36. The van der Waals surface area contributed by atoms with Gasteiger partial charge in [0.2, 0.25) is 5.91 Å². The molecule has 1 aromatic carbocycles. The summed E-state index contributed by atoms with van der Waals surface area (Å²) in [7, 11) is -3.36. The smallest absolute Gasteiger partial charge is 0.235 e. The average Bonchev–Trinajstić information content (AvgIpc) is 3.01. The van der Waals surface area contributed by atoms with Gasteiger partial charge in [-0.2, -0.15) is 0 Å². The van der Waals surface area contributed by atoms with E-state index in [1.165, 1.54) is 0 Å². The molecule has 1 saturated carbocycles. The standard InChI is InChI=1S/C12H15NO3S/c14-12(13-11-6-7-11)9-17(15,16)8-10-4-2-1-3-5-10/h1-5,11H,6-9H2,(H,13,14). The molecule has 1 aromatic rings. The van der Waals surface area contributed by atoms with Crippen molar-refractivity contribution in [3.63, 3.8) is 0 Å². The maximum absolute atomic E-state index is 11.8. The molecule has 0 radical (unpaired) electrons. The van der Waals surface area contributed by atoms with E-state index in [-0.39, 0.29) is 17.7 Å². The summed E-state index contributed by atoms with van der Waals surface area (Å²) in [6.07, 6.45) is 1.93. The Morgan fingerprint density at radius 3 is 2.47 bits per heavy atom. The quantitative estimate of drug-likeness (QED) is 0.847. The van der Waals surface area contributed by atoms with Crippen LogP contribution in [0, 0.1) is 0 Å². The monoisotopic (exact) mass is 253 g/mol. The van der Waals surface area contributed by atoms with E-state index < -0.39 is 15.6 Å². The maximum Gasteiger partial charge on any atom is 0.235 e. The molecule has 1 aliphatic rings. The highest BCUT2D eigenvalue weighted by atomic mass is 32.2. The third-order valence-electron chi connectivity index (χ3n) is 2.52. The Kier molecular flexibility index (Phi) is 3.47. The van der Waals surface area contributed by atoms with Crippen molar-refractivity contribution in [3.8, 4) is 0 Å². The molecule has 1 aliphatic carbocycles. The van der Waals surface area contributed by atoms with E-state index in [1.807, 2.05) is 6.07 Å². The van der Waals surface area contributed by atoms with E-state index >= 15 is 0 Å². The van der Waals surface area contributed by atoms with Gasteiger partial charge < -0.3 is 5.32 Å². The highest BCUT2D eigenvalue weighted by molar-refractivity contribution is 7.91. The van der Waals surface area contributed by atoms with E-state index in [2.05, 4.69) is 5.32 Å². The lowest BCUT2D eigenvalue weighted by Crippen LogP contribution is -2.32. The number of rotatable bonds is 5. The fourth-order valence-electron chi connectivity index (χ4n) is 1.58. The first-order chi connectivity index (χ1) is 8.05. The Balaban J connectivity index is 1.92. The molecule has 5 heteroatoms. The van der Waals surface area contributed by atoms with Crippen LogP contribution in [0.4, 0.5) is 0 Å². The van der Waals surface area contributed by atoms with Crippen LogP contribution in [0.1, 0.15) is 18.4 Å². The predicted molar refractivity (Wildman–Crippen MR) is 65.1 cm³/mol. The van der Waals surface area contributed by atoms with E-state index in [9.17, 15) is 13.2 Å². The second-order valence-electron chi connectivity index (χ2n) is 4.36. The van der Waals surface area contributed by atoms with Crippen molar-refractivity contribution < 1.29 is 13.2 Å². The number of carbonyl (C=O) groups excluding carboxylic acids is 1. The minimum absolute atomic E-state index is 0.0775. The second kappa shape index (κ2) is 4.87. The fraction of sp³-hybridized carbons (Fsp3) is 0.417. The summed E-state index contributed by atoms with van der Waals surface area (Å²) in [4.78, 5) is 11.4. The molecule has 0 unspecified atom stereocenters. The largest absolute Gasteiger partial charge is 0.352 e. The Morgan fingerprint density at radius 2 is 1.88 bits per heavy atom. The topological polar surface area (TPSA) is 63.2 Å². The highest BCUT2D eigenvalue weighted by Crippen LogP contribution is 2.18. The molecule has 0 bridgehead atoms. The maximum atomic E-state index is 11.8. The van der Waals surface area contributed by atoms with Crippen LogP contribution >= 0.6 is 0 Å². The molecule has 4 nitrogen and oxygen atoms in total. The summed E-state index contributed by atoms with van der Waals surface area (Å²) in [6.45, 7) is 0. The van der Waals surface area contributed by atoms with Crippen molar-refractivity contribution in [2.24, 2.45) is 0 Å². The summed E-state index contributed by atoms with van der Waals surface area (Å²) >= 11 is 0. The molecular formula is C12H15NO3S. The van der Waals surface area contributed by atoms with Gasteiger partial charge in [-0.15, -0.1) is 0 Å². The molecule has 0 aromatic heterocycles. The van der Waals surface area contributed by atoms with Crippen LogP contribution in [0.2, 0.25) is 0 Å². The van der Waals surface area contributed by atoms with Gasteiger partial charge >= 0.3 is 0 Å². The van der Waals surface area contributed by atoms with Gasteiger partial charge in [-0.25, -0.2) is 8.42 Å². The van der Waals surface area contributed by atoms with Gasteiger partial charge in [0.05, 0.1) is 5.75 Å². The molecule has 0 heterocycles. The Labute approximate surface area is 101 Å². The van der Waals surface area contributed by atoms with Crippen molar-refractivity contribution in [3.05, 3.63) is 35.9 Å². The first-order valence-corrected chi connectivity index (χ1v) is 7.41. The summed E-state index contributed by atoms with van der Waals surface area (Å²) < 4.78 is 23.5. The molecule has 0 aliphatic heterocycles. The molecule has 0 spiro atoms. The molecule has 0 saturated heterocycles. The second-order valence-corrected chi connectivity index (χ2v) is 6.42. The number of amides is 1. The van der Waals surface area contributed by atoms with Crippen molar-refractivity contribution in [1.82, 2.24) is 5.32 Å². The van der Waals surface area contributed by atoms with Crippen LogP contribution in [0.25, 0.3) is 0 Å². The van der Waals surface area contributed by atoms with Crippen LogP contribution < -0.4 is 5.32 Å². The fourth-order valence-corrected chi connectivity index (χ4v) is 2.86. The summed E-state index contributed by atoms with van der Waals surface area (Å²) in [6, 6.07) is 9.10. The van der Waals surface area contributed by atoms with Crippen LogP contribution in [-0.4, -0.2) is 26.1 Å². The molecule has 1 N–H and O–H groups in total. The summed E-state index contributed by atoms with van der Waals surface area (Å²) in [5.41, 5.74) is 0.715. The Bertz CT molecular complexity index is 492. The lowest BCUT2D eigenvalue weighted by Gasteiger charge is -2.05. The number of carbonyl (C=O) groups is 1. The van der Waals surface area contributed by atoms with Crippen LogP contribution in [-0.2, 0) is 20.4 Å². The summed E-state index contributed by atoms with van der Waals surface area (Å²) in [5, 5.41) is 2.68. The van der Waals surface area contributed by atoms with Crippen molar-refractivity contribution >= 4 is 15.7 Å². The first-order valence-electron chi connectivity index (χ1n) is 5.59. The Morgan fingerprint density at radius 1 is 1.24 bits per heavy atom. The van der Waals surface area contributed by atoms with E-state index in [1.54, 1.807) is 24.3 Å². The van der Waals surface area contributed by atoms with E-state index in [0.717, 1.165) is 12.8 Å². The number of hydrogen-bond acceptors (Lipinski definition) is 3. The normalized spacial score (nSPS) is 15.5. The zero-order valence-corrected chi connectivity index (χ0v) is 10.2. The average molecular weight is 253 g/mol. The van der Waals surface area contributed by atoms with Crippen LogP contribution in [0.3, 0.4) is 0 Å². The molecule has 1 amide bonds. The lowest BCUT2D eigenvalue weighted by molar-refractivity contribution is -0.118. The van der Waals surface area contributed by atoms with Crippen molar-refractivity contribution in [1.29, 1.82) is 0 Å². The highest BCUT2D eigenvalue weighted by Gasteiger charge is 2.25. The van der Waals surface area contributed by atoms with E-state index in [4.69, 9.17) is 0 Å². The van der Waals surface area contributed by atoms with Gasteiger partial charge in [0.25, 0.3) is 0 Å². The first kappa shape index (κ1) is 12.1. The van der Waals surface area contributed by atoms with Gasteiger partial charge in [0.1, 0.15) is 5.75 Å². The van der Waals surface area contributed by atoms with Crippen LogP contribution in [0.5, 0.6) is 0 Å². The zero-order valence-electron chi connectivity index (χ0n) is 9.43. The lowest BCUT2D eigenvalue weighted by atomic mass is 10.2. The third-order valence-corrected chi connectivity index (χ3v) is 4.00. The van der Waals surface area contributed by atoms with Gasteiger partial charge in [-0.3, -0.25) is 4.79 Å². The molecule has 0 atom stereocenters. The molecular weight excluding hydrogens is 238 g/mol. The van der Waals surface area contributed by atoms with E-state index in [0.29, 0.717) is 5.56 Å². The number of hydrogen-bond donors (Lipinski definition) is 1. The van der Waals surface area contributed by atoms with Crippen molar-refractivity contribution in [2.75, 3.05) is 5.75 Å². The molecule has 92 valence electrons. The number of sulfone groups is 1. The molecule has 17 heavy (non-hydrogen) atoms. The summed E-state index contributed by atoms with van der Waals surface area (Å²) in [5.74, 6) is -0.881. The number of nitrogens with one attached hydrogen (secondary N) is 1. The Hall–Kier alpha value is -1.36. The molecule has 1 fully saturated rings. The third kappa shape index (κ3) is 4.19. The van der Waals surface area contributed by atoms with Crippen molar-refractivity contribution in [2.45, 2.75) is 24.6 Å². The molecule has 2 rings (SSSR count). The van der Waals surface area contributed by atoms with Gasteiger partial charge in [-0.1, -0.05) is 30.3 Å². The van der Waals surface area contributed by atoms with Gasteiger partial charge in [-0.05, 0) is 18.4 Å². The van der Waals surface area contributed by atoms with Gasteiger partial charge in [0, 0.05) is 6.04 Å². The van der Waals surface area contributed by atoms with Gasteiger partial charge in [0.15, 0.2) is 9.84 Å². The zero-order chi connectivity index (χ0) is 12.3. The van der Waals surface area contributed by atoms with Crippen LogP contribution in [0.15, 0.2) is 30.3 Å². The predicted octanol–water partition coefficient (Wildman–Crippen LogP) is 0.880. The number of benzene rings is 1. The SMILES string of the molecule is O=C(CS(=O)(=O)Cc1ccccc1)NC1CC1. The minimum Gasteiger partial charge on any atom is -0.352 e.